The lowest BCUT2D eigenvalue weighted by Crippen LogP contribution is -2.26. The molecular formula is C29H17BrN2O. The van der Waals surface area contributed by atoms with Crippen molar-refractivity contribution in [3.05, 3.63) is 130 Å². The van der Waals surface area contributed by atoms with Gasteiger partial charge in [-0.05, 0) is 85.7 Å². The van der Waals surface area contributed by atoms with Gasteiger partial charge in [-0.1, -0.05) is 54.6 Å². The van der Waals surface area contributed by atoms with Crippen LogP contribution in [-0.4, -0.2) is 9.97 Å². The van der Waals surface area contributed by atoms with Gasteiger partial charge >= 0.3 is 0 Å². The van der Waals surface area contributed by atoms with Gasteiger partial charge in [-0.3, -0.25) is 9.97 Å². The molecule has 1 spiro atoms. The molecular weight excluding hydrogens is 472 g/mol. The number of aromatic nitrogens is 2. The van der Waals surface area contributed by atoms with Crippen LogP contribution in [0.3, 0.4) is 0 Å². The van der Waals surface area contributed by atoms with Gasteiger partial charge in [0.25, 0.3) is 0 Å². The zero-order valence-corrected chi connectivity index (χ0v) is 19.1. The average molecular weight is 489 g/mol. The molecule has 4 heteroatoms. The van der Waals surface area contributed by atoms with Crippen molar-refractivity contribution in [2.24, 2.45) is 0 Å². The number of benzene rings is 3. The normalized spacial score (nSPS) is 13.8. The van der Waals surface area contributed by atoms with E-state index in [0.717, 1.165) is 27.4 Å². The minimum absolute atomic E-state index is 0.466. The Labute approximate surface area is 199 Å². The van der Waals surface area contributed by atoms with E-state index in [1.807, 2.05) is 48.8 Å². The molecule has 0 N–H and O–H groups in total. The van der Waals surface area contributed by atoms with Gasteiger partial charge in [-0.15, -0.1) is 0 Å². The van der Waals surface area contributed by atoms with E-state index < -0.39 is 5.41 Å². The van der Waals surface area contributed by atoms with E-state index in [2.05, 4.69) is 70.5 Å². The zero-order chi connectivity index (χ0) is 22.0. The highest BCUT2D eigenvalue weighted by molar-refractivity contribution is 9.10. The molecule has 2 aromatic heterocycles. The van der Waals surface area contributed by atoms with Gasteiger partial charge in [0.05, 0.1) is 21.3 Å². The molecule has 0 amide bonds. The van der Waals surface area contributed by atoms with Crippen LogP contribution in [0.2, 0.25) is 0 Å². The molecule has 5 aromatic rings. The van der Waals surface area contributed by atoms with Gasteiger partial charge in [0.15, 0.2) is 0 Å². The van der Waals surface area contributed by atoms with Crippen molar-refractivity contribution >= 4 is 15.9 Å². The monoisotopic (exact) mass is 488 g/mol. The highest BCUT2D eigenvalue weighted by Gasteiger charge is 2.52. The number of ether oxygens (including phenoxy) is 1. The SMILES string of the molecule is Brc1ccccc1Oc1ccc2c(c1)C1(c3ccccc3-2)c2cccnc2-c2ncccc21. The molecule has 7 rings (SSSR count). The summed E-state index contributed by atoms with van der Waals surface area (Å²) in [5.41, 5.74) is 8.70. The van der Waals surface area contributed by atoms with Crippen molar-refractivity contribution in [3.63, 3.8) is 0 Å². The van der Waals surface area contributed by atoms with Gasteiger partial charge in [-0.2, -0.15) is 0 Å². The molecule has 3 nitrogen and oxygen atoms in total. The molecule has 2 heterocycles. The van der Waals surface area contributed by atoms with Crippen molar-refractivity contribution < 1.29 is 4.74 Å². The Balaban J connectivity index is 1.54. The Morgan fingerprint density at radius 3 is 2.00 bits per heavy atom. The summed E-state index contributed by atoms with van der Waals surface area (Å²) >= 11 is 3.60. The summed E-state index contributed by atoms with van der Waals surface area (Å²) in [6, 6.07) is 31.4. The third kappa shape index (κ3) is 2.44. The topological polar surface area (TPSA) is 35.0 Å². The first kappa shape index (κ1) is 18.8. The van der Waals surface area contributed by atoms with Crippen LogP contribution >= 0.6 is 15.9 Å². The number of rotatable bonds is 2. The molecule has 0 bridgehead atoms. The number of hydrogen-bond acceptors (Lipinski definition) is 3. The van der Waals surface area contributed by atoms with Gasteiger partial charge < -0.3 is 4.74 Å². The van der Waals surface area contributed by atoms with Crippen molar-refractivity contribution in [1.82, 2.24) is 9.97 Å². The van der Waals surface area contributed by atoms with Crippen LogP contribution in [0.15, 0.2) is 108 Å². The fourth-order valence-electron chi connectivity index (χ4n) is 5.50. The maximum atomic E-state index is 6.33. The first-order valence-electron chi connectivity index (χ1n) is 10.9. The van der Waals surface area contributed by atoms with Crippen LogP contribution in [0, 0.1) is 0 Å². The molecule has 0 radical (unpaired) electrons. The Bertz CT molecular complexity index is 1510. The number of hydrogen-bond donors (Lipinski definition) is 0. The number of fused-ring (bicyclic) bond motifs is 10. The van der Waals surface area contributed by atoms with Crippen molar-refractivity contribution in [2.75, 3.05) is 0 Å². The van der Waals surface area contributed by atoms with Crippen molar-refractivity contribution in [3.8, 4) is 34.0 Å². The van der Waals surface area contributed by atoms with E-state index in [0.29, 0.717) is 0 Å². The van der Waals surface area contributed by atoms with Crippen LogP contribution < -0.4 is 4.74 Å². The lowest BCUT2D eigenvalue weighted by atomic mass is 9.71. The Hall–Kier alpha value is -3.76. The van der Waals surface area contributed by atoms with Gasteiger partial charge in [-0.25, -0.2) is 0 Å². The zero-order valence-electron chi connectivity index (χ0n) is 17.5. The quantitative estimate of drug-likeness (QED) is 0.254. The summed E-state index contributed by atoms with van der Waals surface area (Å²) in [5.74, 6) is 1.59. The molecule has 2 aliphatic rings. The summed E-state index contributed by atoms with van der Waals surface area (Å²) in [6.45, 7) is 0. The number of nitrogens with zero attached hydrogens (tertiary/aromatic N) is 2. The highest BCUT2D eigenvalue weighted by Crippen LogP contribution is 2.62. The number of halogens is 1. The van der Waals surface area contributed by atoms with E-state index in [4.69, 9.17) is 14.7 Å². The smallest absolute Gasteiger partial charge is 0.141 e. The third-order valence-electron chi connectivity index (χ3n) is 6.73. The van der Waals surface area contributed by atoms with Crippen LogP contribution in [0.5, 0.6) is 11.5 Å². The Morgan fingerprint density at radius 1 is 0.606 bits per heavy atom. The average Bonchev–Trinajstić information content (AvgIpc) is 3.33. The van der Waals surface area contributed by atoms with Crippen LogP contribution in [0.25, 0.3) is 22.5 Å². The summed E-state index contributed by atoms with van der Waals surface area (Å²) in [7, 11) is 0. The van der Waals surface area contributed by atoms with Gasteiger partial charge in [0, 0.05) is 12.4 Å². The predicted molar refractivity (Wildman–Crippen MR) is 133 cm³/mol. The first-order chi connectivity index (χ1) is 16.3. The van der Waals surface area contributed by atoms with Gasteiger partial charge in [0.1, 0.15) is 11.5 Å². The fourth-order valence-corrected chi connectivity index (χ4v) is 5.86. The van der Waals surface area contributed by atoms with Gasteiger partial charge in [0.2, 0.25) is 0 Å². The second kappa shape index (κ2) is 6.87. The fraction of sp³-hybridized carbons (Fsp3) is 0.0345. The van der Waals surface area contributed by atoms with E-state index in [1.165, 1.54) is 33.4 Å². The molecule has 3 aromatic carbocycles. The molecule has 0 saturated heterocycles. The largest absolute Gasteiger partial charge is 0.456 e. The van der Waals surface area contributed by atoms with E-state index in [9.17, 15) is 0 Å². The minimum Gasteiger partial charge on any atom is -0.456 e. The molecule has 0 fully saturated rings. The van der Waals surface area contributed by atoms with Crippen LogP contribution in [0.4, 0.5) is 0 Å². The molecule has 156 valence electrons. The van der Waals surface area contributed by atoms with Crippen LogP contribution in [-0.2, 0) is 5.41 Å². The van der Waals surface area contributed by atoms with Crippen molar-refractivity contribution in [1.29, 1.82) is 0 Å². The third-order valence-corrected chi connectivity index (χ3v) is 7.38. The molecule has 0 atom stereocenters. The second-order valence-corrected chi connectivity index (χ2v) is 9.19. The first-order valence-corrected chi connectivity index (χ1v) is 11.7. The summed E-state index contributed by atoms with van der Waals surface area (Å²) in [5, 5.41) is 0. The lowest BCUT2D eigenvalue weighted by Gasteiger charge is -2.29. The summed E-state index contributed by atoms with van der Waals surface area (Å²) < 4.78 is 7.26. The molecule has 0 aliphatic heterocycles. The van der Waals surface area contributed by atoms with Crippen molar-refractivity contribution in [2.45, 2.75) is 5.41 Å². The molecule has 0 unspecified atom stereocenters. The standard InChI is InChI=1S/C29H17BrN2O/c30-25-11-3-4-12-26(25)33-18-13-14-20-19-7-1-2-8-21(19)29(24(20)17-18)22-9-5-15-31-27(22)28-23(29)10-6-16-32-28/h1-17H. The van der Waals surface area contributed by atoms with E-state index in [-0.39, 0.29) is 0 Å². The highest BCUT2D eigenvalue weighted by atomic mass is 79.9. The predicted octanol–water partition coefficient (Wildman–Crippen LogP) is 7.37. The maximum Gasteiger partial charge on any atom is 0.141 e. The lowest BCUT2D eigenvalue weighted by molar-refractivity contribution is 0.478. The molecule has 2 aliphatic carbocycles. The molecule has 0 saturated carbocycles. The van der Waals surface area contributed by atoms with E-state index in [1.54, 1.807) is 0 Å². The van der Waals surface area contributed by atoms with E-state index >= 15 is 0 Å². The summed E-state index contributed by atoms with van der Waals surface area (Å²) in [4.78, 5) is 9.53. The van der Waals surface area contributed by atoms with Crippen LogP contribution in [0.1, 0.15) is 22.3 Å². The second-order valence-electron chi connectivity index (χ2n) is 8.33. The minimum atomic E-state index is -0.466. The Kier molecular flexibility index (Phi) is 3.91. The number of para-hydroxylation sites is 1. The molecule has 33 heavy (non-hydrogen) atoms. The summed E-state index contributed by atoms with van der Waals surface area (Å²) in [6.07, 6.45) is 3.70. The Morgan fingerprint density at radius 2 is 1.24 bits per heavy atom. The maximum absolute atomic E-state index is 6.33. The number of pyridine rings is 2.